The zero-order valence-electron chi connectivity index (χ0n) is 9.82. The van der Waals surface area contributed by atoms with Crippen LogP contribution in [-0.2, 0) is 0 Å². The minimum Gasteiger partial charge on any atom is -0.493 e. The summed E-state index contributed by atoms with van der Waals surface area (Å²) in [6, 6.07) is 8.29. The molecule has 0 aromatic heterocycles. The smallest absolute Gasteiger partial charge is 0.122 e. The van der Waals surface area contributed by atoms with Crippen LogP contribution in [-0.4, -0.2) is 31.2 Å². The Kier molecular flexibility index (Phi) is 4.78. The van der Waals surface area contributed by atoms with Crippen molar-refractivity contribution in [3.05, 3.63) is 29.8 Å². The zero-order chi connectivity index (χ0) is 11.9. The highest BCUT2D eigenvalue weighted by molar-refractivity contribution is 7.99. The molecule has 1 aliphatic heterocycles. The van der Waals surface area contributed by atoms with E-state index < -0.39 is 0 Å². The number of nitrogens with one attached hydrogen (secondary N) is 1. The fraction of sp³-hybridized carbons (Fsp3) is 0.429. The van der Waals surface area contributed by atoms with Crippen molar-refractivity contribution < 1.29 is 4.74 Å². The van der Waals surface area contributed by atoms with Gasteiger partial charge >= 0.3 is 0 Å². The van der Waals surface area contributed by atoms with Gasteiger partial charge in [0, 0.05) is 30.3 Å². The van der Waals surface area contributed by atoms with Crippen molar-refractivity contribution in [1.29, 1.82) is 0 Å². The van der Waals surface area contributed by atoms with Gasteiger partial charge in [-0.15, -0.1) is 18.2 Å². The third-order valence-corrected chi connectivity index (χ3v) is 3.66. The van der Waals surface area contributed by atoms with Crippen LogP contribution in [0.25, 0.3) is 0 Å². The van der Waals surface area contributed by atoms with Crippen LogP contribution in [0.15, 0.2) is 24.3 Å². The van der Waals surface area contributed by atoms with E-state index in [1.54, 1.807) is 11.8 Å². The first-order chi connectivity index (χ1) is 8.42. The summed E-state index contributed by atoms with van der Waals surface area (Å²) in [6.07, 6.45) is 5.19. The average molecular weight is 247 g/mol. The van der Waals surface area contributed by atoms with Crippen molar-refractivity contribution in [2.75, 3.05) is 31.2 Å². The SMILES string of the molecule is C#CCSCCNCC1COc2ccccc21. The number of hydrogen-bond donors (Lipinski definition) is 1. The monoisotopic (exact) mass is 247 g/mol. The maximum absolute atomic E-state index is 5.63. The molecule has 1 aromatic rings. The van der Waals surface area contributed by atoms with E-state index in [9.17, 15) is 0 Å². The van der Waals surface area contributed by atoms with Crippen LogP contribution in [0, 0.1) is 12.3 Å². The molecule has 1 atom stereocenters. The van der Waals surface area contributed by atoms with Gasteiger partial charge < -0.3 is 10.1 Å². The van der Waals surface area contributed by atoms with Gasteiger partial charge in [0.1, 0.15) is 5.75 Å². The number of fused-ring (bicyclic) bond motifs is 1. The average Bonchev–Trinajstić information content (AvgIpc) is 2.77. The van der Waals surface area contributed by atoms with Crippen LogP contribution in [0.4, 0.5) is 0 Å². The normalized spacial score (nSPS) is 17.2. The van der Waals surface area contributed by atoms with Crippen molar-refractivity contribution in [3.63, 3.8) is 0 Å². The second-order valence-corrected chi connectivity index (χ2v) is 5.11. The molecule has 0 bridgehead atoms. The molecular weight excluding hydrogens is 230 g/mol. The molecule has 2 nitrogen and oxygen atoms in total. The minimum absolute atomic E-state index is 0.490. The molecule has 1 N–H and O–H groups in total. The van der Waals surface area contributed by atoms with Gasteiger partial charge in [0.2, 0.25) is 0 Å². The number of thioether (sulfide) groups is 1. The highest BCUT2D eigenvalue weighted by atomic mass is 32.2. The molecule has 1 aliphatic rings. The molecule has 2 rings (SSSR count). The Morgan fingerprint density at radius 3 is 3.24 bits per heavy atom. The lowest BCUT2D eigenvalue weighted by molar-refractivity contribution is 0.327. The Labute approximate surface area is 107 Å². The third-order valence-electron chi connectivity index (χ3n) is 2.80. The highest BCUT2D eigenvalue weighted by Gasteiger charge is 2.22. The predicted molar refractivity (Wildman–Crippen MR) is 73.7 cm³/mol. The summed E-state index contributed by atoms with van der Waals surface area (Å²) in [5.41, 5.74) is 1.33. The second kappa shape index (κ2) is 6.58. The molecular formula is C14H17NOS. The van der Waals surface area contributed by atoms with E-state index in [1.807, 2.05) is 12.1 Å². The number of ether oxygens (including phenoxy) is 1. The fourth-order valence-corrected chi connectivity index (χ4v) is 2.50. The summed E-state index contributed by atoms with van der Waals surface area (Å²) in [4.78, 5) is 0. The standard InChI is InChI=1S/C14H17NOS/c1-2-8-17-9-7-15-10-12-11-16-14-6-4-3-5-13(12)14/h1,3-6,12,15H,7-11H2. The van der Waals surface area contributed by atoms with E-state index in [4.69, 9.17) is 11.2 Å². The molecule has 17 heavy (non-hydrogen) atoms. The highest BCUT2D eigenvalue weighted by Crippen LogP contribution is 2.32. The Hall–Kier alpha value is -1.11. The molecule has 90 valence electrons. The van der Waals surface area contributed by atoms with Crippen molar-refractivity contribution in [1.82, 2.24) is 5.32 Å². The van der Waals surface area contributed by atoms with Gasteiger partial charge in [-0.05, 0) is 6.07 Å². The summed E-state index contributed by atoms with van der Waals surface area (Å²) < 4.78 is 5.63. The molecule has 0 saturated carbocycles. The van der Waals surface area contributed by atoms with E-state index in [1.165, 1.54) is 5.56 Å². The topological polar surface area (TPSA) is 21.3 Å². The minimum atomic E-state index is 0.490. The van der Waals surface area contributed by atoms with Crippen molar-refractivity contribution in [2.45, 2.75) is 5.92 Å². The van der Waals surface area contributed by atoms with E-state index in [0.717, 1.165) is 37.0 Å². The molecule has 0 aliphatic carbocycles. The number of terminal acetylenes is 1. The number of hydrogen-bond acceptors (Lipinski definition) is 3. The van der Waals surface area contributed by atoms with Gasteiger partial charge in [0.05, 0.1) is 12.4 Å². The number of rotatable bonds is 6. The van der Waals surface area contributed by atoms with Crippen LogP contribution in [0.3, 0.4) is 0 Å². The zero-order valence-corrected chi connectivity index (χ0v) is 10.6. The second-order valence-electron chi connectivity index (χ2n) is 4.01. The van der Waals surface area contributed by atoms with Gasteiger partial charge in [-0.3, -0.25) is 0 Å². The van der Waals surface area contributed by atoms with Crippen molar-refractivity contribution in [2.24, 2.45) is 0 Å². The number of para-hydroxylation sites is 1. The van der Waals surface area contributed by atoms with E-state index >= 15 is 0 Å². The first kappa shape index (κ1) is 12.3. The van der Waals surface area contributed by atoms with Gasteiger partial charge in [-0.1, -0.05) is 24.1 Å². The number of benzene rings is 1. The Morgan fingerprint density at radius 1 is 1.47 bits per heavy atom. The van der Waals surface area contributed by atoms with E-state index in [-0.39, 0.29) is 0 Å². The summed E-state index contributed by atoms with van der Waals surface area (Å²) in [5.74, 6) is 6.03. The predicted octanol–water partition coefficient (Wildman–Crippen LogP) is 2.12. The van der Waals surface area contributed by atoms with E-state index in [2.05, 4.69) is 23.4 Å². The summed E-state index contributed by atoms with van der Waals surface area (Å²) in [7, 11) is 0. The van der Waals surface area contributed by atoms with Gasteiger partial charge in [0.15, 0.2) is 0 Å². The molecule has 1 aromatic carbocycles. The van der Waals surface area contributed by atoms with Crippen LogP contribution in [0.5, 0.6) is 5.75 Å². The summed E-state index contributed by atoms with van der Waals surface area (Å²) in [6.45, 7) is 2.78. The summed E-state index contributed by atoms with van der Waals surface area (Å²) >= 11 is 1.79. The van der Waals surface area contributed by atoms with Crippen LogP contribution >= 0.6 is 11.8 Å². The molecule has 0 saturated heterocycles. The molecule has 0 amide bonds. The molecule has 0 fully saturated rings. The van der Waals surface area contributed by atoms with Gasteiger partial charge in [-0.25, -0.2) is 0 Å². The lowest BCUT2D eigenvalue weighted by Gasteiger charge is -2.09. The largest absolute Gasteiger partial charge is 0.493 e. The maximum Gasteiger partial charge on any atom is 0.122 e. The van der Waals surface area contributed by atoms with Gasteiger partial charge in [0.25, 0.3) is 0 Å². The molecule has 1 heterocycles. The van der Waals surface area contributed by atoms with Gasteiger partial charge in [-0.2, -0.15) is 0 Å². The third kappa shape index (κ3) is 3.42. The summed E-state index contributed by atoms with van der Waals surface area (Å²) in [5, 5.41) is 3.46. The lowest BCUT2D eigenvalue weighted by Crippen LogP contribution is -2.24. The molecule has 0 spiro atoms. The maximum atomic E-state index is 5.63. The molecule has 0 radical (unpaired) electrons. The Balaban J connectivity index is 1.70. The van der Waals surface area contributed by atoms with Crippen molar-refractivity contribution >= 4 is 11.8 Å². The molecule has 3 heteroatoms. The van der Waals surface area contributed by atoms with Crippen LogP contribution in [0.2, 0.25) is 0 Å². The fourth-order valence-electron chi connectivity index (χ4n) is 1.95. The molecule has 1 unspecified atom stereocenters. The van der Waals surface area contributed by atoms with E-state index in [0.29, 0.717) is 5.92 Å². The van der Waals surface area contributed by atoms with Crippen LogP contribution in [0.1, 0.15) is 11.5 Å². The Morgan fingerprint density at radius 2 is 2.35 bits per heavy atom. The van der Waals surface area contributed by atoms with Crippen LogP contribution < -0.4 is 10.1 Å². The lowest BCUT2D eigenvalue weighted by atomic mass is 10.0. The first-order valence-corrected chi connectivity index (χ1v) is 7.01. The Bertz CT molecular complexity index is 399. The van der Waals surface area contributed by atoms with Crippen molar-refractivity contribution in [3.8, 4) is 18.1 Å². The quantitative estimate of drug-likeness (QED) is 0.614. The first-order valence-electron chi connectivity index (χ1n) is 5.85.